The van der Waals surface area contributed by atoms with E-state index in [1.807, 2.05) is 0 Å². The van der Waals surface area contributed by atoms with E-state index in [-0.39, 0.29) is 11.1 Å². The van der Waals surface area contributed by atoms with Crippen molar-refractivity contribution in [3.05, 3.63) is 88.8 Å². The molecule has 3 aromatic rings. The number of halogens is 5. The highest BCUT2D eigenvalue weighted by Crippen LogP contribution is 2.42. The molecular formula is C27H23F5N6O. The zero-order chi connectivity index (χ0) is 27.9. The number of nitriles is 1. The summed E-state index contributed by atoms with van der Waals surface area (Å²) in [5.41, 5.74) is -1.44. The van der Waals surface area contributed by atoms with Gasteiger partial charge in [0.2, 0.25) is 5.91 Å². The van der Waals surface area contributed by atoms with Crippen molar-refractivity contribution in [2.24, 2.45) is 5.41 Å². The van der Waals surface area contributed by atoms with Crippen LogP contribution in [0.1, 0.15) is 29.3 Å². The fraction of sp³-hybridized carbons (Fsp3) is 0.333. The van der Waals surface area contributed by atoms with E-state index in [0.29, 0.717) is 24.2 Å². The lowest BCUT2D eigenvalue weighted by Crippen LogP contribution is -2.72. The van der Waals surface area contributed by atoms with Gasteiger partial charge in [0.05, 0.1) is 23.1 Å². The second-order valence-electron chi connectivity index (χ2n) is 10.1. The number of benzene rings is 1. The van der Waals surface area contributed by atoms with E-state index < -0.39 is 40.9 Å². The lowest BCUT2D eigenvalue weighted by atomic mass is 9.72. The van der Waals surface area contributed by atoms with Gasteiger partial charge in [-0.25, -0.2) is 22.0 Å². The van der Waals surface area contributed by atoms with Crippen molar-refractivity contribution in [3.8, 4) is 6.07 Å². The molecule has 202 valence electrons. The van der Waals surface area contributed by atoms with Gasteiger partial charge in [0.1, 0.15) is 6.07 Å². The molecule has 2 fully saturated rings. The number of likely N-dealkylation sites (tertiary alicyclic amines) is 1. The third-order valence-electron chi connectivity index (χ3n) is 7.16. The summed E-state index contributed by atoms with van der Waals surface area (Å²) in [5.74, 6) is -6.01. The molecule has 0 bridgehead atoms. The topological polar surface area (TPSA) is 85.2 Å². The van der Waals surface area contributed by atoms with Gasteiger partial charge in [-0.2, -0.15) is 5.26 Å². The number of amides is 1. The van der Waals surface area contributed by atoms with Crippen molar-refractivity contribution in [2.45, 2.75) is 25.4 Å². The standard InChI is InChI=1S/C27H23F5N6O/c1-16(39)36-27(25(31)32,19-5-21(28)24(30)22(29)6-19)23-3-2-17(9-35-23)11-37-12-26(13-37)14-38(15-26)20-4-18(7-33)8-34-10-20/h2-6,8-10,25H,11-15H2,1H3,(H,36,39)/t27-/m1/s1. The van der Waals surface area contributed by atoms with E-state index >= 15 is 0 Å². The minimum Gasteiger partial charge on any atom is -0.369 e. The van der Waals surface area contributed by atoms with Crippen LogP contribution in [-0.4, -0.2) is 53.4 Å². The van der Waals surface area contributed by atoms with Crippen molar-refractivity contribution >= 4 is 11.6 Å². The predicted octanol–water partition coefficient (Wildman–Crippen LogP) is 3.73. The van der Waals surface area contributed by atoms with Crippen molar-refractivity contribution in [1.29, 1.82) is 5.26 Å². The maximum Gasteiger partial charge on any atom is 0.271 e. The molecule has 5 rings (SSSR count). The molecule has 0 unspecified atom stereocenters. The molecule has 7 nitrogen and oxygen atoms in total. The summed E-state index contributed by atoms with van der Waals surface area (Å²) in [7, 11) is 0. The first-order chi connectivity index (χ1) is 18.5. The molecule has 1 amide bonds. The van der Waals surface area contributed by atoms with Crippen LogP contribution in [0.2, 0.25) is 0 Å². The minimum atomic E-state index is -3.36. The highest BCUT2D eigenvalue weighted by Gasteiger charge is 2.52. The van der Waals surface area contributed by atoms with E-state index in [1.165, 1.54) is 18.5 Å². The Bertz CT molecular complexity index is 1420. The number of nitrogens with zero attached hydrogens (tertiary/aromatic N) is 5. The fourth-order valence-electron chi connectivity index (χ4n) is 5.47. The van der Waals surface area contributed by atoms with Crippen LogP contribution >= 0.6 is 0 Å². The number of rotatable bonds is 7. The zero-order valence-electron chi connectivity index (χ0n) is 20.8. The molecule has 0 saturated carbocycles. The Labute approximate surface area is 220 Å². The van der Waals surface area contributed by atoms with Crippen molar-refractivity contribution in [3.63, 3.8) is 0 Å². The molecule has 2 aliphatic rings. The molecule has 1 spiro atoms. The molecule has 2 aromatic heterocycles. The summed E-state index contributed by atoms with van der Waals surface area (Å²) >= 11 is 0. The van der Waals surface area contributed by atoms with Crippen LogP contribution in [-0.2, 0) is 16.9 Å². The second kappa shape index (κ2) is 9.89. The predicted molar refractivity (Wildman–Crippen MR) is 130 cm³/mol. The average Bonchev–Trinajstić information content (AvgIpc) is 2.86. The zero-order valence-corrected chi connectivity index (χ0v) is 20.8. The molecule has 2 aliphatic heterocycles. The number of hydrogen-bond donors (Lipinski definition) is 1. The minimum absolute atomic E-state index is 0.128. The van der Waals surface area contributed by atoms with Gasteiger partial charge in [0.25, 0.3) is 6.43 Å². The van der Waals surface area contributed by atoms with Gasteiger partial charge in [-0.15, -0.1) is 0 Å². The highest BCUT2D eigenvalue weighted by atomic mass is 19.3. The molecular weight excluding hydrogens is 519 g/mol. The van der Waals surface area contributed by atoms with Gasteiger partial charge in [-0.3, -0.25) is 19.7 Å². The third-order valence-corrected chi connectivity index (χ3v) is 7.16. The Kier molecular flexibility index (Phi) is 6.72. The Hall–Kier alpha value is -4.11. The number of alkyl halides is 2. The van der Waals surface area contributed by atoms with Gasteiger partial charge in [-0.1, -0.05) is 6.07 Å². The van der Waals surface area contributed by atoms with Crippen LogP contribution in [0.15, 0.2) is 48.9 Å². The number of aromatic nitrogens is 2. The fourth-order valence-corrected chi connectivity index (χ4v) is 5.47. The lowest BCUT2D eigenvalue weighted by molar-refractivity contribution is -0.122. The molecule has 1 atom stereocenters. The van der Waals surface area contributed by atoms with Crippen molar-refractivity contribution < 1.29 is 26.7 Å². The smallest absolute Gasteiger partial charge is 0.271 e. The first-order valence-electron chi connectivity index (χ1n) is 12.0. The lowest BCUT2D eigenvalue weighted by Gasteiger charge is -2.61. The van der Waals surface area contributed by atoms with Crippen molar-refractivity contribution in [1.82, 2.24) is 20.2 Å². The van der Waals surface area contributed by atoms with E-state index in [4.69, 9.17) is 5.26 Å². The van der Waals surface area contributed by atoms with Crippen LogP contribution < -0.4 is 10.2 Å². The van der Waals surface area contributed by atoms with Gasteiger partial charge in [0.15, 0.2) is 23.0 Å². The summed E-state index contributed by atoms with van der Waals surface area (Å²) in [4.78, 5) is 24.5. The SMILES string of the molecule is CC(=O)N[C@](c1cc(F)c(F)c(F)c1)(c1ccc(CN2CC3(C2)CN(c2cncc(C#N)c2)C3)cn1)C(F)F. The molecule has 2 saturated heterocycles. The van der Waals surface area contributed by atoms with Crippen LogP contribution in [0.5, 0.6) is 0 Å². The van der Waals surface area contributed by atoms with Crippen LogP contribution in [0, 0.1) is 34.2 Å². The number of nitrogens with one attached hydrogen (secondary N) is 1. The monoisotopic (exact) mass is 542 g/mol. The molecule has 1 aromatic carbocycles. The molecule has 12 heteroatoms. The first-order valence-corrected chi connectivity index (χ1v) is 12.0. The molecule has 1 N–H and O–H groups in total. The van der Waals surface area contributed by atoms with Gasteiger partial charge < -0.3 is 10.2 Å². The van der Waals surface area contributed by atoms with Crippen molar-refractivity contribution in [2.75, 3.05) is 31.1 Å². The first kappa shape index (κ1) is 26.5. The average molecular weight is 543 g/mol. The van der Waals surface area contributed by atoms with E-state index in [9.17, 15) is 26.7 Å². The normalized spacial score (nSPS) is 17.7. The Morgan fingerprint density at radius 2 is 1.79 bits per heavy atom. The molecule has 0 aliphatic carbocycles. The number of hydrogen-bond acceptors (Lipinski definition) is 6. The van der Waals surface area contributed by atoms with Gasteiger partial charge in [0, 0.05) is 57.5 Å². The summed E-state index contributed by atoms with van der Waals surface area (Å²) < 4.78 is 70.5. The largest absolute Gasteiger partial charge is 0.369 e. The Morgan fingerprint density at radius 1 is 1.10 bits per heavy atom. The molecule has 4 heterocycles. The Morgan fingerprint density at radius 3 is 2.36 bits per heavy atom. The molecule has 39 heavy (non-hydrogen) atoms. The quantitative estimate of drug-likeness (QED) is 0.362. The maximum absolute atomic E-state index is 14.5. The number of carbonyl (C=O) groups is 1. The van der Waals surface area contributed by atoms with Gasteiger partial charge >= 0.3 is 0 Å². The summed E-state index contributed by atoms with van der Waals surface area (Å²) in [6, 6.07) is 7.59. The van der Waals surface area contributed by atoms with E-state index in [2.05, 4.69) is 31.2 Å². The number of pyridine rings is 2. The number of carbonyl (C=O) groups excluding carboxylic acids is 1. The van der Waals surface area contributed by atoms with Crippen LogP contribution in [0.25, 0.3) is 0 Å². The van der Waals surface area contributed by atoms with E-state index in [1.54, 1.807) is 18.3 Å². The van der Waals surface area contributed by atoms with Gasteiger partial charge in [-0.05, 0) is 35.4 Å². The summed E-state index contributed by atoms with van der Waals surface area (Å²) in [6.07, 6.45) is 1.26. The number of anilines is 1. The summed E-state index contributed by atoms with van der Waals surface area (Å²) in [6.45, 7) is 4.78. The maximum atomic E-state index is 14.5. The molecule has 0 radical (unpaired) electrons. The highest BCUT2D eigenvalue weighted by molar-refractivity contribution is 5.75. The third kappa shape index (κ3) is 4.78. The summed E-state index contributed by atoms with van der Waals surface area (Å²) in [5, 5.41) is 11.2. The van der Waals surface area contributed by atoms with E-state index in [0.717, 1.165) is 44.4 Å². The van der Waals surface area contributed by atoms with Crippen LogP contribution in [0.3, 0.4) is 0 Å². The Balaban J connectivity index is 1.29. The van der Waals surface area contributed by atoms with Crippen LogP contribution in [0.4, 0.5) is 27.6 Å². The second-order valence-corrected chi connectivity index (χ2v) is 10.1.